The topological polar surface area (TPSA) is 70.6 Å². The summed E-state index contributed by atoms with van der Waals surface area (Å²) >= 11 is 0. The summed E-state index contributed by atoms with van der Waals surface area (Å²) in [6.45, 7) is 5.72. The van der Waals surface area contributed by atoms with Crippen molar-refractivity contribution in [2.75, 3.05) is 44.2 Å². The fourth-order valence-corrected chi connectivity index (χ4v) is 4.33. The summed E-state index contributed by atoms with van der Waals surface area (Å²) in [5, 5.41) is 4.13. The molecule has 2 aromatic rings. The monoisotopic (exact) mass is 395 g/mol. The maximum absolute atomic E-state index is 11.6. The van der Waals surface area contributed by atoms with Gasteiger partial charge in [0.25, 0.3) is 0 Å². The zero-order valence-corrected chi connectivity index (χ0v) is 16.8. The van der Waals surface area contributed by atoms with Gasteiger partial charge in [-0.2, -0.15) is 0 Å². The number of fused-ring (bicyclic) bond motifs is 1. The predicted molar refractivity (Wildman–Crippen MR) is 112 cm³/mol. The summed E-state index contributed by atoms with van der Waals surface area (Å²) in [6, 6.07) is 6.71. The highest BCUT2D eigenvalue weighted by Crippen LogP contribution is 2.32. The molecule has 1 saturated carbocycles. The van der Waals surface area contributed by atoms with Gasteiger partial charge < -0.3 is 15.0 Å². The van der Waals surface area contributed by atoms with Crippen molar-refractivity contribution in [2.24, 2.45) is 5.92 Å². The Hall–Kier alpha value is -2.41. The van der Waals surface area contributed by atoms with Crippen molar-refractivity contribution in [1.29, 1.82) is 0 Å². The highest BCUT2D eigenvalue weighted by molar-refractivity contribution is 5.86. The summed E-state index contributed by atoms with van der Waals surface area (Å²) in [5.74, 6) is 1.61. The van der Waals surface area contributed by atoms with Crippen molar-refractivity contribution >= 4 is 22.5 Å². The number of anilines is 1. The number of rotatable bonds is 6. The molecule has 3 aliphatic rings. The molecule has 7 nitrogen and oxygen atoms in total. The van der Waals surface area contributed by atoms with Crippen molar-refractivity contribution in [1.82, 2.24) is 20.2 Å². The Balaban J connectivity index is 1.23. The first-order valence-electron chi connectivity index (χ1n) is 10.9. The smallest absolute Gasteiger partial charge is 0.224 e. The van der Waals surface area contributed by atoms with Crippen LogP contribution in [0.1, 0.15) is 32.1 Å². The average Bonchev–Trinajstić information content (AvgIpc) is 3.57. The highest BCUT2D eigenvalue weighted by Gasteiger charge is 2.25. The Morgan fingerprint density at radius 1 is 1.10 bits per heavy atom. The number of hydrogen-bond donors (Lipinski definition) is 1. The molecule has 1 atom stereocenters. The number of hydrogen-bond acceptors (Lipinski definition) is 6. The molecule has 2 saturated heterocycles. The van der Waals surface area contributed by atoms with Crippen LogP contribution >= 0.6 is 0 Å². The normalized spacial score (nSPS) is 23.2. The Bertz CT molecular complexity index is 877. The number of ether oxygens (including phenoxy) is 1. The molecule has 7 heteroatoms. The minimum absolute atomic E-state index is 0.206. The number of piperazine rings is 1. The van der Waals surface area contributed by atoms with Gasteiger partial charge >= 0.3 is 0 Å². The van der Waals surface area contributed by atoms with Gasteiger partial charge in [0.05, 0.1) is 17.5 Å². The van der Waals surface area contributed by atoms with Gasteiger partial charge in [0.15, 0.2) is 0 Å². The van der Waals surface area contributed by atoms with Crippen molar-refractivity contribution < 1.29 is 9.53 Å². The summed E-state index contributed by atoms with van der Waals surface area (Å²) in [5.41, 5.74) is 2.13. The van der Waals surface area contributed by atoms with E-state index >= 15 is 0 Å². The summed E-state index contributed by atoms with van der Waals surface area (Å²) in [4.78, 5) is 25.3. The van der Waals surface area contributed by atoms with E-state index in [1.165, 1.54) is 18.5 Å². The van der Waals surface area contributed by atoms with Gasteiger partial charge in [-0.05, 0) is 49.8 Å². The fourth-order valence-electron chi connectivity index (χ4n) is 4.33. The quantitative estimate of drug-likeness (QED) is 0.809. The molecule has 2 aliphatic heterocycles. The second kappa shape index (κ2) is 8.14. The van der Waals surface area contributed by atoms with Crippen LogP contribution in [-0.4, -0.2) is 66.1 Å². The van der Waals surface area contributed by atoms with Gasteiger partial charge in [-0.15, -0.1) is 0 Å². The van der Waals surface area contributed by atoms with Crippen LogP contribution in [0.2, 0.25) is 0 Å². The number of piperidine rings is 1. The van der Waals surface area contributed by atoms with Gasteiger partial charge in [-0.3, -0.25) is 9.69 Å². The van der Waals surface area contributed by atoms with Gasteiger partial charge in [-0.1, -0.05) is 0 Å². The van der Waals surface area contributed by atoms with E-state index in [1.54, 1.807) is 6.33 Å². The van der Waals surface area contributed by atoms with Crippen LogP contribution in [0.3, 0.4) is 0 Å². The Labute approximate surface area is 171 Å². The number of nitrogens with zero attached hydrogens (tertiary/aromatic N) is 4. The molecular weight excluding hydrogens is 366 g/mol. The molecule has 3 heterocycles. The summed E-state index contributed by atoms with van der Waals surface area (Å²) < 4.78 is 5.98. The number of carbonyl (C=O) groups is 1. The molecule has 1 amide bonds. The zero-order chi connectivity index (χ0) is 19.6. The molecule has 0 spiro atoms. The lowest BCUT2D eigenvalue weighted by molar-refractivity contribution is -0.123. The minimum atomic E-state index is 0.206. The zero-order valence-electron chi connectivity index (χ0n) is 16.8. The maximum Gasteiger partial charge on any atom is 0.224 e. The third-order valence-electron chi connectivity index (χ3n) is 6.27. The molecule has 5 rings (SSSR count). The average molecular weight is 396 g/mol. The van der Waals surface area contributed by atoms with E-state index in [4.69, 9.17) is 4.74 Å². The maximum atomic E-state index is 11.6. The van der Waals surface area contributed by atoms with E-state index in [0.29, 0.717) is 24.3 Å². The molecule has 0 bridgehead atoms. The van der Waals surface area contributed by atoms with E-state index < -0.39 is 0 Å². The van der Waals surface area contributed by atoms with Crippen LogP contribution in [0.15, 0.2) is 24.5 Å². The highest BCUT2D eigenvalue weighted by atomic mass is 16.5. The molecule has 3 fully saturated rings. The molecule has 1 unspecified atom stereocenters. The molecule has 1 N–H and O–H groups in total. The van der Waals surface area contributed by atoms with Gasteiger partial charge in [0.1, 0.15) is 6.33 Å². The second-order valence-electron chi connectivity index (χ2n) is 8.58. The first-order valence-corrected chi connectivity index (χ1v) is 10.9. The van der Waals surface area contributed by atoms with E-state index in [2.05, 4.69) is 43.3 Å². The SMILES string of the molecule is O=C1CCCC(CN2CCN(c3ccc4ncnc(OCC5CC5)c4c3)CC2)N1. The number of carbonyl (C=O) groups excluding carboxylic acids is 1. The van der Waals surface area contributed by atoms with Gasteiger partial charge in [0, 0.05) is 50.9 Å². The lowest BCUT2D eigenvalue weighted by Gasteiger charge is -2.38. The van der Waals surface area contributed by atoms with E-state index in [-0.39, 0.29) is 5.91 Å². The van der Waals surface area contributed by atoms with Crippen molar-refractivity contribution in [3.63, 3.8) is 0 Å². The standard InChI is InChI=1S/C22H29N5O2/c28-21-3-1-2-17(25-21)13-26-8-10-27(11-9-26)18-6-7-20-19(12-18)22(24-15-23-20)29-14-16-4-5-16/h6-7,12,15-17H,1-5,8-11,13-14H2,(H,25,28). The van der Waals surface area contributed by atoms with Crippen LogP contribution in [0.4, 0.5) is 5.69 Å². The second-order valence-corrected chi connectivity index (χ2v) is 8.58. The molecule has 29 heavy (non-hydrogen) atoms. The minimum Gasteiger partial charge on any atom is -0.477 e. The third kappa shape index (κ3) is 4.45. The summed E-state index contributed by atoms with van der Waals surface area (Å²) in [7, 11) is 0. The van der Waals surface area contributed by atoms with Gasteiger partial charge in [-0.25, -0.2) is 9.97 Å². The lowest BCUT2D eigenvalue weighted by Crippen LogP contribution is -2.52. The molecule has 154 valence electrons. The summed E-state index contributed by atoms with van der Waals surface area (Å²) in [6.07, 6.45) is 6.92. The first kappa shape index (κ1) is 18.6. The Kier molecular flexibility index (Phi) is 5.23. The molecular formula is C22H29N5O2. The van der Waals surface area contributed by atoms with Crippen LogP contribution in [-0.2, 0) is 4.79 Å². The van der Waals surface area contributed by atoms with Crippen molar-refractivity contribution in [3.05, 3.63) is 24.5 Å². The molecule has 1 aromatic carbocycles. The van der Waals surface area contributed by atoms with Crippen LogP contribution < -0.4 is 15.0 Å². The molecule has 0 radical (unpaired) electrons. The number of amides is 1. The van der Waals surface area contributed by atoms with Crippen molar-refractivity contribution in [2.45, 2.75) is 38.1 Å². The van der Waals surface area contributed by atoms with Gasteiger partial charge in [0.2, 0.25) is 11.8 Å². The predicted octanol–water partition coefficient (Wildman–Crippen LogP) is 2.21. The molecule has 1 aromatic heterocycles. The van der Waals surface area contributed by atoms with E-state index in [1.807, 2.05) is 0 Å². The number of aromatic nitrogens is 2. The van der Waals surface area contributed by atoms with Crippen LogP contribution in [0.5, 0.6) is 5.88 Å². The van der Waals surface area contributed by atoms with Crippen LogP contribution in [0.25, 0.3) is 10.9 Å². The first-order chi connectivity index (χ1) is 14.2. The largest absolute Gasteiger partial charge is 0.477 e. The molecule has 1 aliphatic carbocycles. The lowest BCUT2D eigenvalue weighted by atomic mass is 10.0. The number of benzene rings is 1. The van der Waals surface area contributed by atoms with Crippen LogP contribution in [0, 0.1) is 5.92 Å². The third-order valence-corrected chi connectivity index (χ3v) is 6.27. The number of nitrogens with one attached hydrogen (secondary N) is 1. The Morgan fingerprint density at radius 2 is 1.97 bits per heavy atom. The van der Waals surface area contributed by atoms with Crippen molar-refractivity contribution in [3.8, 4) is 5.88 Å². The Morgan fingerprint density at radius 3 is 2.76 bits per heavy atom. The fraction of sp³-hybridized carbons (Fsp3) is 0.591. The van der Waals surface area contributed by atoms with E-state index in [9.17, 15) is 4.79 Å². The van der Waals surface area contributed by atoms with E-state index in [0.717, 1.165) is 63.1 Å².